The van der Waals surface area contributed by atoms with E-state index >= 15 is 0 Å². The predicted molar refractivity (Wildman–Crippen MR) is 99.3 cm³/mol. The minimum absolute atomic E-state index is 0.132. The number of aromatic amines is 1. The third kappa shape index (κ3) is 4.13. The molecule has 0 saturated carbocycles. The second-order valence-electron chi connectivity index (χ2n) is 6.48. The fourth-order valence-corrected chi connectivity index (χ4v) is 2.86. The average molecular weight is 337 g/mol. The van der Waals surface area contributed by atoms with E-state index < -0.39 is 6.10 Å². The number of hydrogen-bond acceptors (Lipinski definition) is 4. The van der Waals surface area contributed by atoms with Gasteiger partial charge in [-0.05, 0) is 31.5 Å². The second kappa shape index (κ2) is 7.59. The lowest BCUT2D eigenvalue weighted by Gasteiger charge is -2.28. The molecule has 2 N–H and O–H groups in total. The van der Waals surface area contributed by atoms with E-state index in [-0.39, 0.29) is 11.6 Å². The van der Waals surface area contributed by atoms with Crippen LogP contribution in [0, 0.1) is 0 Å². The van der Waals surface area contributed by atoms with E-state index in [2.05, 4.69) is 28.7 Å². The Morgan fingerprint density at radius 1 is 1.08 bits per heavy atom. The number of para-hydroxylation sites is 1. The Morgan fingerprint density at radius 3 is 2.48 bits per heavy atom. The van der Waals surface area contributed by atoms with Gasteiger partial charge < -0.3 is 10.1 Å². The average Bonchev–Trinajstić information content (AvgIpc) is 2.62. The van der Waals surface area contributed by atoms with Crippen molar-refractivity contribution in [2.45, 2.75) is 32.5 Å². The maximum absolute atomic E-state index is 12.2. The second-order valence-corrected chi connectivity index (χ2v) is 6.48. The molecule has 0 aliphatic heterocycles. The third-order valence-corrected chi connectivity index (χ3v) is 4.34. The number of hydrogen-bond donors (Lipinski definition) is 2. The van der Waals surface area contributed by atoms with Crippen LogP contribution in [0.2, 0.25) is 0 Å². The topological polar surface area (TPSA) is 69.2 Å². The van der Waals surface area contributed by atoms with Gasteiger partial charge in [-0.15, -0.1) is 0 Å². The fraction of sp³-hybridized carbons (Fsp3) is 0.300. The lowest BCUT2D eigenvalue weighted by atomic mass is 10.1. The molecule has 0 fully saturated rings. The third-order valence-electron chi connectivity index (χ3n) is 4.34. The van der Waals surface area contributed by atoms with Crippen molar-refractivity contribution < 1.29 is 5.11 Å². The smallest absolute Gasteiger partial charge is 0.258 e. The summed E-state index contributed by atoms with van der Waals surface area (Å²) >= 11 is 0. The summed E-state index contributed by atoms with van der Waals surface area (Å²) < 4.78 is 0. The molecule has 1 unspecified atom stereocenters. The molecule has 25 heavy (non-hydrogen) atoms. The Kier molecular flexibility index (Phi) is 5.26. The first-order chi connectivity index (χ1) is 12.0. The maximum atomic E-state index is 12.2. The van der Waals surface area contributed by atoms with Crippen LogP contribution in [0.25, 0.3) is 10.9 Å². The van der Waals surface area contributed by atoms with E-state index in [4.69, 9.17) is 0 Å². The van der Waals surface area contributed by atoms with Crippen LogP contribution in [0.15, 0.2) is 59.4 Å². The lowest BCUT2D eigenvalue weighted by molar-refractivity contribution is 0.0891. The van der Waals surface area contributed by atoms with Gasteiger partial charge in [-0.1, -0.05) is 42.5 Å². The van der Waals surface area contributed by atoms with Gasteiger partial charge in [0.05, 0.1) is 23.6 Å². The normalized spacial score (nSPS) is 12.8. The molecule has 1 heterocycles. The first-order valence-electron chi connectivity index (χ1n) is 8.49. The molecule has 2 aromatic carbocycles. The minimum Gasteiger partial charge on any atom is -0.387 e. The van der Waals surface area contributed by atoms with Crippen molar-refractivity contribution in [2.75, 3.05) is 6.54 Å². The fourth-order valence-electron chi connectivity index (χ4n) is 2.86. The SMILES string of the molecule is CC(C)N(Cc1nc2ccccc2c(=O)[nH]1)CC(O)c1ccccc1. The molecule has 1 aromatic heterocycles. The van der Waals surface area contributed by atoms with Gasteiger partial charge in [0.1, 0.15) is 5.82 Å². The number of benzene rings is 2. The zero-order valence-corrected chi connectivity index (χ0v) is 14.5. The summed E-state index contributed by atoms with van der Waals surface area (Å²) in [5.41, 5.74) is 1.44. The highest BCUT2D eigenvalue weighted by atomic mass is 16.3. The highest BCUT2D eigenvalue weighted by molar-refractivity contribution is 5.77. The first kappa shape index (κ1) is 17.3. The van der Waals surface area contributed by atoms with Crippen LogP contribution >= 0.6 is 0 Å². The molecule has 0 spiro atoms. The van der Waals surface area contributed by atoms with Crippen LogP contribution in [0.1, 0.15) is 31.3 Å². The number of aliphatic hydroxyl groups excluding tert-OH is 1. The Bertz CT molecular complexity index is 890. The predicted octanol–water partition coefficient (Wildman–Crippen LogP) is 2.87. The maximum Gasteiger partial charge on any atom is 0.258 e. The molecule has 0 aliphatic carbocycles. The summed E-state index contributed by atoms with van der Waals surface area (Å²) in [6.07, 6.45) is -0.587. The number of nitrogens with zero attached hydrogens (tertiary/aromatic N) is 2. The summed E-state index contributed by atoms with van der Waals surface area (Å²) in [6, 6.07) is 17.1. The number of H-pyrrole nitrogens is 1. The van der Waals surface area contributed by atoms with E-state index in [1.165, 1.54) is 0 Å². The van der Waals surface area contributed by atoms with E-state index in [9.17, 15) is 9.90 Å². The largest absolute Gasteiger partial charge is 0.387 e. The van der Waals surface area contributed by atoms with Crippen molar-refractivity contribution in [3.8, 4) is 0 Å². The molecule has 0 aliphatic rings. The molecule has 0 radical (unpaired) electrons. The van der Waals surface area contributed by atoms with Gasteiger partial charge >= 0.3 is 0 Å². The van der Waals surface area contributed by atoms with E-state index in [1.54, 1.807) is 6.07 Å². The molecule has 1 atom stereocenters. The summed E-state index contributed by atoms with van der Waals surface area (Å²) in [6.45, 7) is 5.08. The van der Waals surface area contributed by atoms with Crippen molar-refractivity contribution in [2.24, 2.45) is 0 Å². The molecule has 0 saturated heterocycles. The minimum atomic E-state index is -0.587. The van der Waals surface area contributed by atoms with Crippen LogP contribution in [-0.2, 0) is 6.54 Å². The molecular formula is C20H23N3O2. The Balaban J connectivity index is 1.81. The quantitative estimate of drug-likeness (QED) is 0.726. The Morgan fingerprint density at radius 2 is 1.76 bits per heavy atom. The van der Waals surface area contributed by atoms with Crippen molar-refractivity contribution in [3.63, 3.8) is 0 Å². The van der Waals surface area contributed by atoms with E-state index in [1.807, 2.05) is 48.5 Å². The van der Waals surface area contributed by atoms with Gasteiger partial charge in [-0.2, -0.15) is 0 Å². The Labute approximate surface area is 147 Å². The summed E-state index contributed by atoms with van der Waals surface area (Å²) in [4.78, 5) is 21.8. The number of rotatable bonds is 6. The molecule has 5 nitrogen and oxygen atoms in total. The van der Waals surface area contributed by atoms with Gasteiger partial charge in [0, 0.05) is 12.6 Å². The van der Waals surface area contributed by atoms with Crippen LogP contribution < -0.4 is 5.56 Å². The van der Waals surface area contributed by atoms with Gasteiger partial charge in [0.2, 0.25) is 0 Å². The first-order valence-corrected chi connectivity index (χ1v) is 8.49. The van der Waals surface area contributed by atoms with E-state index in [0.29, 0.717) is 29.8 Å². The van der Waals surface area contributed by atoms with Gasteiger partial charge in [0.15, 0.2) is 0 Å². The molecule has 3 rings (SSSR count). The standard InChI is InChI=1S/C20H23N3O2/c1-14(2)23(12-18(24)15-8-4-3-5-9-15)13-19-21-17-11-7-6-10-16(17)20(25)22-19/h3-11,14,18,24H,12-13H2,1-2H3,(H,21,22,25). The van der Waals surface area contributed by atoms with Crippen LogP contribution in [0.4, 0.5) is 0 Å². The highest BCUT2D eigenvalue weighted by Gasteiger charge is 2.18. The molecule has 0 amide bonds. The number of aliphatic hydroxyl groups is 1. The summed E-state index contributed by atoms with van der Waals surface area (Å²) in [7, 11) is 0. The zero-order valence-electron chi connectivity index (χ0n) is 14.5. The Hall–Kier alpha value is -2.50. The van der Waals surface area contributed by atoms with Crippen molar-refractivity contribution >= 4 is 10.9 Å². The van der Waals surface area contributed by atoms with Gasteiger partial charge in [-0.3, -0.25) is 9.69 Å². The monoisotopic (exact) mass is 337 g/mol. The summed E-state index contributed by atoms with van der Waals surface area (Å²) in [5, 5.41) is 11.1. The number of aromatic nitrogens is 2. The van der Waals surface area contributed by atoms with Crippen LogP contribution in [0.5, 0.6) is 0 Å². The molecule has 130 valence electrons. The van der Waals surface area contributed by atoms with Crippen LogP contribution in [0.3, 0.4) is 0 Å². The lowest BCUT2D eigenvalue weighted by Crippen LogP contribution is -2.35. The molecule has 3 aromatic rings. The van der Waals surface area contributed by atoms with Crippen molar-refractivity contribution in [1.29, 1.82) is 0 Å². The van der Waals surface area contributed by atoms with Crippen molar-refractivity contribution in [1.82, 2.24) is 14.9 Å². The molecule has 0 bridgehead atoms. The van der Waals surface area contributed by atoms with Gasteiger partial charge in [0.25, 0.3) is 5.56 Å². The number of nitrogens with one attached hydrogen (secondary N) is 1. The summed E-state index contributed by atoms with van der Waals surface area (Å²) in [5.74, 6) is 0.609. The van der Waals surface area contributed by atoms with Crippen LogP contribution in [-0.4, -0.2) is 32.6 Å². The van der Waals surface area contributed by atoms with Crippen molar-refractivity contribution in [3.05, 3.63) is 76.3 Å². The number of fused-ring (bicyclic) bond motifs is 1. The van der Waals surface area contributed by atoms with E-state index in [0.717, 1.165) is 5.56 Å². The highest BCUT2D eigenvalue weighted by Crippen LogP contribution is 2.17. The molecule has 5 heteroatoms. The molecular weight excluding hydrogens is 314 g/mol. The zero-order chi connectivity index (χ0) is 17.8. The van der Waals surface area contributed by atoms with Gasteiger partial charge in [-0.25, -0.2) is 4.98 Å².